The van der Waals surface area contributed by atoms with Gasteiger partial charge in [-0.15, -0.1) is 10.2 Å². The highest BCUT2D eigenvalue weighted by Gasteiger charge is 2.32. The van der Waals surface area contributed by atoms with Gasteiger partial charge in [0.05, 0.1) is 24.8 Å². The molecule has 0 bridgehead atoms. The fourth-order valence-corrected chi connectivity index (χ4v) is 4.42. The molecule has 32 heavy (non-hydrogen) atoms. The fourth-order valence-electron chi connectivity index (χ4n) is 4.42. The number of hydrogen-bond acceptors (Lipinski definition) is 6. The van der Waals surface area contributed by atoms with Crippen LogP contribution in [0.3, 0.4) is 0 Å². The van der Waals surface area contributed by atoms with Gasteiger partial charge in [-0.25, -0.2) is 13.2 Å². The first-order valence-corrected chi connectivity index (χ1v) is 10.0. The second-order valence-electron chi connectivity index (χ2n) is 7.78. The Bertz CT molecular complexity index is 1370. The minimum absolute atomic E-state index is 0.134. The summed E-state index contributed by atoms with van der Waals surface area (Å²) in [6, 6.07) is 6.09. The Labute approximate surface area is 179 Å². The van der Waals surface area contributed by atoms with E-state index in [0.717, 1.165) is 5.56 Å². The van der Waals surface area contributed by atoms with Crippen LogP contribution in [0.1, 0.15) is 29.2 Å². The third-order valence-electron chi connectivity index (χ3n) is 5.92. The van der Waals surface area contributed by atoms with Crippen molar-refractivity contribution >= 4 is 11.5 Å². The summed E-state index contributed by atoms with van der Waals surface area (Å²) in [6.07, 6.45) is -1.20. The highest BCUT2D eigenvalue weighted by atomic mass is 19.3. The number of benzene rings is 1. The summed E-state index contributed by atoms with van der Waals surface area (Å²) in [4.78, 5) is 0. The molecule has 1 N–H and O–H groups in total. The highest BCUT2D eigenvalue weighted by molar-refractivity contribution is 5.80. The standard InChI is InChI=1S/C21H17F3N6O2/c1-29-15(5-14(28-29)19(23)24)11-4-17-21(30-9-26-27-20(11)30)25-6-12-13(22)2-3-16-18(12)10(7-31-16)8-32-17/h2-5,9-10,19,25H,6-8H2,1H3/t10-/m0/s1. The lowest BCUT2D eigenvalue weighted by Crippen LogP contribution is -2.13. The van der Waals surface area contributed by atoms with Crippen LogP contribution in [-0.2, 0) is 13.6 Å². The third kappa shape index (κ3) is 2.73. The van der Waals surface area contributed by atoms with Crippen LogP contribution >= 0.6 is 0 Å². The van der Waals surface area contributed by atoms with Crippen molar-refractivity contribution in [3.8, 4) is 22.8 Å². The predicted molar refractivity (Wildman–Crippen MR) is 108 cm³/mol. The van der Waals surface area contributed by atoms with E-state index in [9.17, 15) is 13.2 Å². The van der Waals surface area contributed by atoms with Gasteiger partial charge in [0.2, 0.25) is 0 Å². The first-order valence-electron chi connectivity index (χ1n) is 10.0. The molecule has 0 radical (unpaired) electrons. The number of rotatable bonds is 2. The van der Waals surface area contributed by atoms with Gasteiger partial charge in [-0.2, -0.15) is 5.10 Å². The lowest BCUT2D eigenvalue weighted by Gasteiger charge is -2.16. The van der Waals surface area contributed by atoms with Gasteiger partial charge in [-0.1, -0.05) is 0 Å². The summed E-state index contributed by atoms with van der Waals surface area (Å²) in [6.45, 7) is 0.861. The molecule has 0 saturated carbocycles. The lowest BCUT2D eigenvalue weighted by molar-refractivity contribution is 0.145. The molecule has 0 saturated heterocycles. The first-order chi connectivity index (χ1) is 15.5. The maximum atomic E-state index is 14.7. The number of nitrogens with zero attached hydrogens (tertiary/aromatic N) is 5. The number of anilines is 1. The van der Waals surface area contributed by atoms with Gasteiger partial charge in [0, 0.05) is 30.3 Å². The normalized spacial score (nSPS) is 17.1. The molecule has 1 aromatic carbocycles. The van der Waals surface area contributed by atoms with Crippen LogP contribution < -0.4 is 14.8 Å². The van der Waals surface area contributed by atoms with Crippen LogP contribution in [0.2, 0.25) is 0 Å². The zero-order valence-corrected chi connectivity index (χ0v) is 16.8. The molecule has 2 aliphatic heterocycles. The van der Waals surface area contributed by atoms with Gasteiger partial charge in [-0.05, 0) is 24.3 Å². The highest BCUT2D eigenvalue weighted by Crippen LogP contribution is 2.42. The molecule has 6 rings (SSSR count). The molecule has 5 heterocycles. The molecule has 2 aliphatic rings. The number of halogens is 3. The van der Waals surface area contributed by atoms with E-state index < -0.39 is 6.43 Å². The number of ether oxygens (including phenoxy) is 2. The Kier molecular flexibility index (Phi) is 4.07. The Balaban J connectivity index is 1.51. The molecular weight excluding hydrogens is 425 g/mol. The Morgan fingerprint density at radius 1 is 1.16 bits per heavy atom. The molecule has 1 atom stereocenters. The van der Waals surface area contributed by atoms with Crippen molar-refractivity contribution in [1.82, 2.24) is 24.4 Å². The monoisotopic (exact) mass is 442 g/mol. The molecule has 0 aliphatic carbocycles. The van der Waals surface area contributed by atoms with Gasteiger partial charge >= 0.3 is 0 Å². The second kappa shape index (κ2) is 6.87. The Morgan fingerprint density at radius 3 is 2.75 bits per heavy atom. The van der Waals surface area contributed by atoms with E-state index in [4.69, 9.17) is 9.47 Å². The fraction of sp³-hybridized carbons (Fsp3) is 0.286. The SMILES string of the molecule is Cn1nc(C(F)F)cc1-c1cc2c(n3cnnc13)NCc1c(F)ccc3c1[C@@H](CO3)CO2. The van der Waals surface area contributed by atoms with Crippen LogP contribution in [0, 0.1) is 5.82 Å². The Morgan fingerprint density at radius 2 is 1.97 bits per heavy atom. The second-order valence-corrected chi connectivity index (χ2v) is 7.78. The number of nitrogens with one attached hydrogen (secondary N) is 1. The summed E-state index contributed by atoms with van der Waals surface area (Å²) >= 11 is 0. The summed E-state index contributed by atoms with van der Waals surface area (Å²) < 4.78 is 56.0. The molecule has 0 fully saturated rings. The van der Waals surface area contributed by atoms with E-state index in [1.165, 1.54) is 23.1 Å². The topological polar surface area (TPSA) is 78.5 Å². The quantitative estimate of drug-likeness (QED) is 0.510. The van der Waals surface area contributed by atoms with Crippen LogP contribution in [0.4, 0.5) is 19.0 Å². The average Bonchev–Trinajstić information content (AvgIpc) is 3.50. The van der Waals surface area contributed by atoms with Gasteiger partial charge in [0.1, 0.15) is 23.6 Å². The smallest absolute Gasteiger partial charge is 0.282 e. The van der Waals surface area contributed by atoms with E-state index in [0.29, 0.717) is 46.4 Å². The maximum absolute atomic E-state index is 14.7. The van der Waals surface area contributed by atoms with Crippen molar-refractivity contribution in [3.05, 3.63) is 53.2 Å². The zero-order valence-electron chi connectivity index (χ0n) is 16.8. The van der Waals surface area contributed by atoms with Crippen molar-refractivity contribution < 1.29 is 22.6 Å². The molecule has 0 unspecified atom stereocenters. The largest absolute Gasteiger partial charge is 0.493 e. The van der Waals surface area contributed by atoms with Gasteiger partial charge < -0.3 is 14.8 Å². The first kappa shape index (κ1) is 19.0. The van der Waals surface area contributed by atoms with E-state index in [2.05, 4.69) is 20.6 Å². The van der Waals surface area contributed by atoms with Gasteiger partial charge in [0.15, 0.2) is 17.2 Å². The molecule has 164 valence electrons. The van der Waals surface area contributed by atoms with Crippen LogP contribution in [0.25, 0.3) is 16.9 Å². The average molecular weight is 442 g/mol. The van der Waals surface area contributed by atoms with E-state index >= 15 is 0 Å². The summed E-state index contributed by atoms with van der Waals surface area (Å²) in [5.41, 5.74) is 2.42. The molecule has 0 spiro atoms. The third-order valence-corrected chi connectivity index (χ3v) is 5.92. The molecule has 8 nitrogen and oxygen atoms in total. The predicted octanol–water partition coefficient (Wildman–Crippen LogP) is 3.69. The summed E-state index contributed by atoms with van der Waals surface area (Å²) in [5.74, 6) is 1.22. The molecule has 11 heteroatoms. The van der Waals surface area contributed by atoms with Crippen LogP contribution in [0.5, 0.6) is 11.5 Å². The summed E-state index contributed by atoms with van der Waals surface area (Å²) in [7, 11) is 1.59. The minimum Gasteiger partial charge on any atom is -0.493 e. The molecule has 4 aromatic rings. The minimum atomic E-state index is -2.69. The zero-order chi connectivity index (χ0) is 22.0. The number of fused-ring (bicyclic) bond motifs is 3. The number of pyridine rings is 1. The van der Waals surface area contributed by atoms with Crippen LogP contribution in [-0.4, -0.2) is 37.6 Å². The van der Waals surface area contributed by atoms with E-state index in [-0.39, 0.29) is 30.6 Å². The van der Waals surface area contributed by atoms with Crippen molar-refractivity contribution in [3.63, 3.8) is 0 Å². The number of hydrogen-bond donors (Lipinski definition) is 1. The molecule has 0 amide bonds. The number of aryl methyl sites for hydroxylation is 1. The Hall–Kier alpha value is -3.76. The number of aromatic nitrogens is 5. The van der Waals surface area contributed by atoms with E-state index in [1.54, 1.807) is 23.6 Å². The van der Waals surface area contributed by atoms with Crippen molar-refractivity contribution in [2.75, 3.05) is 18.5 Å². The molecule has 3 aromatic heterocycles. The van der Waals surface area contributed by atoms with Crippen molar-refractivity contribution in [2.24, 2.45) is 7.05 Å². The maximum Gasteiger partial charge on any atom is 0.282 e. The van der Waals surface area contributed by atoms with Crippen LogP contribution in [0.15, 0.2) is 30.6 Å². The van der Waals surface area contributed by atoms with E-state index in [1.807, 2.05) is 0 Å². The molecular formula is C21H17F3N6O2. The van der Waals surface area contributed by atoms with Gasteiger partial charge in [-0.3, -0.25) is 9.08 Å². The summed E-state index contributed by atoms with van der Waals surface area (Å²) in [5, 5.41) is 15.3. The lowest BCUT2D eigenvalue weighted by atomic mass is 9.96. The van der Waals surface area contributed by atoms with Crippen molar-refractivity contribution in [1.29, 1.82) is 0 Å². The van der Waals surface area contributed by atoms with Crippen molar-refractivity contribution in [2.45, 2.75) is 18.9 Å². The number of alkyl halides is 2. The van der Waals surface area contributed by atoms with Gasteiger partial charge in [0.25, 0.3) is 6.43 Å².